The van der Waals surface area contributed by atoms with E-state index in [0.717, 1.165) is 15.9 Å². The number of aromatic nitrogens is 3. The minimum atomic E-state index is -1.64. The molecule has 34 heavy (non-hydrogen) atoms. The first-order chi connectivity index (χ1) is 16.2. The normalized spacial score (nSPS) is 12.5. The fraction of sp³-hybridized carbons (Fsp3) is 0.273. The highest BCUT2D eigenvalue weighted by molar-refractivity contribution is 7.16. The molecule has 0 aliphatic carbocycles. The molecule has 4 rings (SSSR count). The predicted octanol–water partition coefficient (Wildman–Crippen LogP) is 3.97. The zero-order chi connectivity index (χ0) is 24.3. The zero-order valence-electron chi connectivity index (χ0n) is 18.4. The van der Waals surface area contributed by atoms with E-state index >= 15 is 0 Å². The van der Waals surface area contributed by atoms with Gasteiger partial charge < -0.3 is 26.2 Å². The first-order valence-electron chi connectivity index (χ1n) is 10.3. The van der Waals surface area contributed by atoms with Gasteiger partial charge in [0.05, 0.1) is 50.6 Å². The van der Waals surface area contributed by atoms with Gasteiger partial charge in [-0.05, 0) is 32.0 Å². The maximum absolute atomic E-state index is 14.1. The lowest BCUT2D eigenvalue weighted by atomic mass is 10.0. The van der Waals surface area contributed by atoms with Gasteiger partial charge in [-0.25, -0.2) is 19.3 Å². The highest BCUT2D eigenvalue weighted by Crippen LogP contribution is 2.29. The first-order valence-corrected chi connectivity index (χ1v) is 12.0. The van der Waals surface area contributed by atoms with Crippen molar-refractivity contribution in [2.45, 2.75) is 32.2 Å². The number of alkyl halides is 1. The molecule has 4 aromatic rings. The van der Waals surface area contributed by atoms with Crippen molar-refractivity contribution in [1.29, 1.82) is 0 Å². The molecule has 3 heterocycles. The Labute approximate surface area is 202 Å². The van der Waals surface area contributed by atoms with Crippen LogP contribution in [0.15, 0.2) is 42.2 Å². The van der Waals surface area contributed by atoms with E-state index in [0.29, 0.717) is 21.5 Å². The molecule has 12 heteroatoms. The molecule has 0 aliphatic heterocycles. The van der Waals surface area contributed by atoms with E-state index in [1.807, 2.05) is 18.2 Å². The Balaban J connectivity index is 1.59. The fourth-order valence-corrected chi connectivity index (χ4v) is 4.37. The molecule has 0 saturated carbocycles. The summed E-state index contributed by atoms with van der Waals surface area (Å²) in [6.07, 6.45) is 1.27. The molecular weight excluding hydrogens is 479 g/mol. The Hall–Kier alpha value is -3.19. The Bertz CT molecular complexity index is 1300. The van der Waals surface area contributed by atoms with Crippen LogP contribution in [0, 0.1) is 0 Å². The summed E-state index contributed by atoms with van der Waals surface area (Å²) in [6, 6.07) is 7.38. The lowest BCUT2D eigenvalue weighted by Gasteiger charge is -2.22. The first kappa shape index (κ1) is 24.0. The molecule has 0 fully saturated rings. The van der Waals surface area contributed by atoms with E-state index in [2.05, 4.69) is 30.9 Å². The summed E-state index contributed by atoms with van der Waals surface area (Å²) in [6.45, 7) is 2.17. The second-order valence-corrected chi connectivity index (χ2v) is 10.0. The minimum Gasteiger partial charge on any atom is -0.391 e. The molecule has 1 unspecified atom stereocenters. The van der Waals surface area contributed by atoms with Crippen LogP contribution in [0.25, 0.3) is 10.2 Å². The van der Waals surface area contributed by atoms with Crippen molar-refractivity contribution < 1.29 is 19.4 Å². The topological polar surface area (TPSA) is 132 Å². The number of nitrogens with one attached hydrogen (secondary N) is 3. The van der Waals surface area contributed by atoms with Crippen LogP contribution in [0.5, 0.6) is 0 Å². The third-order valence-corrected chi connectivity index (χ3v) is 6.60. The quantitative estimate of drug-likeness (QED) is 0.232. The number of hydrogen-bond acceptors (Lipinski definition) is 10. The van der Waals surface area contributed by atoms with Gasteiger partial charge in [-0.3, -0.25) is 4.79 Å². The van der Waals surface area contributed by atoms with Gasteiger partial charge in [-0.1, -0.05) is 11.3 Å². The summed E-state index contributed by atoms with van der Waals surface area (Å²) in [4.78, 5) is 26.3. The molecule has 0 saturated heterocycles. The molecule has 3 aromatic heterocycles. The van der Waals surface area contributed by atoms with Crippen LogP contribution in [0.1, 0.15) is 29.1 Å². The van der Waals surface area contributed by atoms with Gasteiger partial charge in [0.1, 0.15) is 12.0 Å². The van der Waals surface area contributed by atoms with Gasteiger partial charge in [-0.15, -0.1) is 11.3 Å². The number of pyridine rings is 1. The molecular formula is C22H23FN6O3S2. The monoisotopic (exact) mass is 502 g/mol. The van der Waals surface area contributed by atoms with Gasteiger partial charge in [0.25, 0.3) is 5.91 Å². The number of nitrogens with zero attached hydrogens (tertiary/aromatic N) is 3. The molecule has 178 valence electrons. The van der Waals surface area contributed by atoms with Crippen LogP contribution in [-0.2, 0) is 6.61 Å². The second kappa shape index (κ2) is 9.97. The summed E-state index contributed by atoms with van der Waals surface area (Å²) < 4.78 is 15.1. The van der Waals surface area contributed by atoms with Crippen molar-refractivity contribution >= 4 is 61.1 Å². The Kier molecular flexibility index (Phi) is 7.03. The number of anilines is 4. The largest absolute Gasteiger partial charge is 0.391 e. The Morgan fingerprint density at radius 2 is 2.00 bits per heavy atom. The van der Waals surface area contributed by atoms with Crippen molar-refractivity contribution in [3.8, 4) is 0 Å². The third-order valence-electron chi connectivity index (χ3n) is 4.91. The highest BCUT2D eigenvalue weighted by atomic mass is 32.1. The van der Waals surface area contributed by atoms with Crippen LogP contribution in [-0.4, -0.2) is 49.4 Å². The number of aliphatic hydroxyl groups excluding tert-OH is 1. The molecule has 5 N–H and O–H groups in total. The molecule has 0 radical (unpaired) electrons. The van der Waals surface area contributed by atoms with E-state index in [1.54, 1.807) is 11.6 Å². The van der Waals surface area contributed by atoms with Crippen molar-refractivity contribution in [3.63, 3.8) is 0 Å². The van der Waals surface area contributed by atoms with Crippen LogP contribution in [0.4, 0.5) is 26.7 Å². The number of halogens is 1. The molecule has 0 bridgehead atoms. The number of carbonyl (C=O) groups excluding carboxylic acids is 1. The average molecular weight is 503 g/mol. The SMILES string of the molecule is CC(C)(O)C(F)CNC(=O)c1cnc(Nc2ccc3ncsc3c2)cc1Nc1ncc(CO)s1. The van der Waals surface area contributed by atoms with E-state index in [9.17, 15) is 19.4 Å². The maximum Gasteiger partial charge on any atom is 0.255 e. The standard InChI is InChI=1S/C22H23FN6O3S2/c1-22(2,32)18(23)9-25-20(31)14-8-24-19(6-16(14)29-21-26-7-13(10-30)34-21)28-12-3-4-15-17(5-12)33-11-27-15/h3-8,11,18,30,32H,9-10H2,1-2H3,(H,25,31)(H2,24,26,28,29). The number of thiazole rings is 2. The smallest absolute Gasteiger partial charge is 0.255 e. The molecule has 1 amide bonds. The number of rotatable bonds is 9. The van der Waals surface area contributed by atoms with E-state index < -0.39 is 17.7 Å². The highest BCUT2D eigenvalue weighted by Gasteiger charge is 2.27. The molecule has 0 spiro atoms. The number of fused-ring (bicyclic) bond motifs is 1. The zero-order valence-corrected chi connectivity index (χ0v) is 20.0. The van der Waals surface area contributed by atoms with Gasteiger partial charge in [-0.2, -0.15) is 0 Å². The molecule has 0 aliphatic rings. The van der Waals surface area contributed by atoms with Crippen molar-refractivity contribution in [3.05, 3.63) is 52.6 Å². The molecule has 1 aromatic carbocycles. The van der Waals surface area contributed by atoms with Gasteiger partial charge >= 0.3 is 0 Å². The number of benzene rings is 1. The summed E-state index contributed by atoms with van der Waals surface area (Å²) in [5.74, 6) is -0.0832. The summed E-state index contributed by atoms with van der Waals surface area (Å²) in [7, 11) is 0. The van der Waals surface area contributed by atoms with Crippen LogP contribution < -0.4 is 16.0 Å². The van der Waals surface area contributed by atoms with Gasteiger partial charge in [0.2, 0.25) is 0 Å². The third kappa shape index (κ3) is 5.65. The van der Waals surface area contributed by atoms with Crippen molar-refractivity contribution in [2.24, 2.45) is 0 Å². The maximum atomic E-state index is 14.1. The molecule has 9 nitrogen and oxygen atoms in total. The number of carbonyl (C=O) groups is 1. The van der Waals surface area contributed by atoms with Gasteiger partial charge in [0, 0.05) is 24.1 Å². The summed E-state index contributed by atoms with van der Waals surface area (Å²) >= 11 is 2.76. The van der Waals surface area contributed by atoms with E-state index in [4.69, 9.17) is 0 Å². The summed E-state index contributed by atoms with van der Waals surface area (Å²) in [5, 5.41) is 28.4. The Morgan fingerprint density at radius 3 is 2.74 bits per heavy atom. The second-order valence-electron chi connectivity index (χ2n) is 8.02. The van der Waals surface area contributed by atoms with Crippen molar-refractivity contribution in [1.82, 2.24) is 20.3 Å². The number of amides is 1. The van der Waals surface area contributed by atoms with Crippen LogP contribution >= 0.6 is 22.7 Å². The lowest BCUT2D eigenvalue weighted by molar-refractivity contribution is -0.00177. The van der Waals surface area contributed by atoms with Crippen LogP contribution in [0.3, 0.4) is 0 Å². The predicted molar refractivity (Wildman–Crippen MR) is 132 cm³/mol. The number of hydrogen-bond donors (Lipinski definition) is 5. The van der Waals surface area contributed by atoms with Gasteiger partial charge in [0.15, 0.2) is 5.13 Å². The lowest BCUT2D eigenvalue weighted by Crippen LogP contribution is -2.42. The van der Waals surface area contributed by atoms with E-state index in [1.165, 1.54) is 48.9 Å². The molecule has 1 atom stereocenters. The minimum absolute atomic E-state index is 0.148. The number of aliphatic hydroxyl groups is 2. The van der Waals surface area contributed by atoms with E-state index in [-0.39, 0.29) is 18.7 Å². The van der Waals surface area contributed by atoms with Crippen molar-refractivity contribution in [2.75, 3.05) is 17.2 Å². The Morgan fingerprint density at radius 1 is 1.18 bits per heavy atom. The summed E-state index contributed by atoms with van der Waals surface area (Å²) in [5.41, 5.74) is 2.46. The fourth-order valence-electron chi connectivity index (χ4n) is 2.97. The van der Waals surface area contributed by atoms with Crippen LogP contribution in [0.2, 0.25) is 0 Å². The average Bonchev–Trinajstić information content (AvgIpc) is 3.45.